The van der Waals surface area contributed by atoms with E-state index in [1.54, 1.807) is 36.4 Å². The minimum Gasteiger partial charge on any atom is -0.506 e. The molecule has 0 spiro atoms. The van der Waals surface area contributed by atoms with Gasteiger partial charge in [0.05, 0.1) is 40.1 Å². The molecule has 7 N–H and O–H groups in total. The Morgan fingerprint density at radius 3 is 2.23 bits per heavy atom. The van der Waals surface area contributed by atoms with Gasteiger partial charge in [-0.15, -0.1) is 10.2 Å². The van der Waals surface area contributed by atoms with Gasteiger partial charge < -0.3 is 26.2 Å². The van der Waals surface area contributed by atoms with E-state index in [1.165, 1.54) is 18.2 Å². The molecule has 0 unspecified atom stereocenters. The van der Waals surface area contributed by atoms with E-state index in [0.29, 0.717) is 5.39 Å². The van der Waals surface area contributed by atoms with Gasteiger partial charge in [0.25, 0.3) is 10.1 Å². The van der Waals surface area contributed by atoms with Crippen LogP contribution in [0.4, 0.5) is 33.2 Å². The number of sulfone groups is 1. The molecule has 2 amide bonds. The number of nitrogens with zero attached hydrogens (tertiary/aromatic N) is 2. The third kappa shape index (κ3) is 10.6. The number of amides is 2. The number of rotatable bonds is 13. The Kier molecular flexibility index (Phi) is 12.5. The summed E-state index contributed by atoms with van der Waals surface area (Å²) in [4.78, 5) is 11.9. The molecule has 4 aromatic carbocycles. The van der Waals surface area contributed by atoms with Crippen LogP contribution in [0.25, 0.3) is 10.8 Å². The van der Waals surface area contributed by atoms with E-state index < -0.39 is 65.1 Å². The van der Waals surface area contributed by atoms with Crippen molar-refractivity contribution in [1.82, 2.24) is 5.32 Å². The van der Waals surface area contributed by atoms with Crippen molar-refractivity contribution in [3.63, 3.8) is 0 Å². The molecule has 0 heterocycles. The number of benzene rings is 4. The molecule has 0 aromatic heterocycles. The number of hydrogen-bond donors (Lipinski definition) is 7. The van der Waals surface area contributed by atoms with Gasteiger partial charge in [-0.2, -0.15) is 16.8 Å². The average molecular weight is 773 g/mol. The second-order valence-corrected chi connectivity index (χ2v) is 14.4. The number of carbonyl (C=O) groups is 1. The zero-order valence-electron chi connectivity index (χ0n) is 24.2. The molecule has 17 nitrogen and oxygen atoms in total. The first kappa shape index (κ1) is 38.1. The third-order valence-electron chi connectivity index (χ3n) is 6.28. The largest absolute Gasteiger partial charge is 0.506 e. The maximum atomic E-state index is 12.4. The zero-order chi connectivity index (χ0) is 34.4. The Bertz CT molecular complexity index is 2180. The SMILES string of the molecule is O=C(NCCS(=O)(=O)CCOS(=O)(=O)O)Nc1cccc(N=Nc2c(Nc3cc(S(=O)(=O)O)ccc3O)ccc3ccccc23)c1O.[Cu]. The van der Waals surface area contributed by atoms with Gasteiger partial charge in [0, 0.05) is 29.0 Å². The number of phenolic OH excluding ortho intramolecular Hbond substituents is 2. The van der Waals surface area contributed by atoms with Crippen molar-refractivity contribution < 1.29 is 70.6 Å². The Morgan fingerprint density at radius 2 is 1.52 bits per heavy atom. The molecule has 0 bridgehead atoms. The number of para-hydroxylation sites is 1. The van der Waals surface area contributed by atoms with Gasteiger partial charge in [0.2, 0.25) is 0 Å². The predicted octanol–water partition coefficient (Wildman–Crippen LogP) is 4.01. The zero-order valence-corrected chi connectivity index (χ0v) is 27.6. The summed E-state index contributed by atoms with van der Waals surface area (Å²) in [5, 5.41) is 38.4. The Morgan fingerprint density at radius 1 is 0.792 bits per heavy atom. The van der Waals surface area contributed by atoms with Crippen molar-refractivity contribution in [3.05, 3.63) is 72.8 Å². The minimum atomic E-state index is -4.80. The van der Waals surface area contributed by atoms with Gasteiger partial charge in [0.15, 0.2) is 15.6 Å². The first-order valence-corrected chi connectivity index (χ1v) is 17.9. The number of urea groups is 1. The van der Waals surface area contributed by atoms with E-state index in [-0.39, 0.29) is 57.8 Å². The maximum absolute atomic E-state index is 12.4. The summed E-state index contributed by atoms with van der Waals surface area (Å²) in [5.41, 5.74) is 0.235. The standard InChI is InChI=1S/C27H27N5O12S3.Cu/c33-24-11-9-18(46(38,39)40)16-23(24)29-20-10-8-17-4-1-2-5-19(17)25(20)32-31-22-7-3-6-21(26(22)34)30-27(35)28-12-14-45(36,37)15-13-44-47(41,42)43;/h1-11,16,29,33-34H,12-15H2,(H2,28,30,35)(H,38,39,40)(H,41,42,43);. The Labute approximate surface area is 285 Å². The molecule has 0 aliphatic heterocycles. The normalized spacial score (nSPS) is 12.0. The van der Waals surface area contributed by atoms with Crippen LogP contribution in [0.15, 0.2) is 87.9 Å². The van der Waals surface area contributed by atoms with E-state index in [2.05, 4.69) is 30.4 Å². The second-order valence-electron chi connectivity index (χ2n) is 9.62. The number of carbonyl (C=O) groups excluding carboxylic acids is 1. The van der Waals surface area contributed by atoms with Gasteiger partial charge in [-0.25, -0.2) is 17.4 Å². The van der Waals surface area contributed by atoms with E-state index in [9.17, 15) is 44.8 Å². The van der Waals surface area contributed by atoms with Crippen LogP contribution in [0.2, 0.25) is 0 Å². The molecule has 0 fully saturated rings. The van der Waals surface area contributed by atoms with Crippen LogP contribution in [-0.2, 0) is 51.6 Å². The molecule has 21 heteroatoms. The van der Waals surface area contributed by atoms with Crippen molar-refractivity contribution in [3.8, 4) is 11.5 Å². The minimum absolute atomic E-state index is 0. The number of anilines is 3. The number of hydrogen-bond acceptors (Lipinski definition) is 13. The number of azo groups is 1. The molecule has 4 rings (SSSR count). The number of nitrogens with one attached hydrogen (secondary N) is 3. The van der Waals surface area contributed by atoms with Crippen LogP contribution in [0.5, 0.6) is 11.5 Å². The first-order valence-electron chi connectivity index (χ1n) is 13.2. The van der Waals surface area contributed by atoms with Crippen LogP contribution >= 0.6 is 0 Å². The number of fused-ring (bicyclic) bond motifs is 1. The quantitative estimate of drug-likeness (QED) is 0.0439. The fraction of sp³-hybridized carbons (Fsp3) is 0.148. The summed E-state index contributed by atoms with van der Waals surface area (Å²) in [6.45, 7) is -1.18. The van der Waals surface area contributed by atoms with E-state index in [0.717, 1.165) is 23.6 Å². The molecule has 0 saturated heterocycles. The fourth-order valence-electron chi connectivity index (χ4n) is 4.06. The summed E-state index contributed by atoms with van der Waals surface area (Å²) < 4.78 is 90.2. The third-order valence-corrected chi connectivity index (χ3v) is 9.21. The molecule has 261 valence electrons. The molecule has 48 heavy (non-hydrogen) atoms. The molecule has 0 aliphatic carbocycles. The molecule has 0 aliphatic rings. The van der Waals surface area contributed by atoms with Crippen LogP contribution in [-0.4, -0.2) is 75.3 Å². The van der Waals surface area contributed by atoms with Crippen molar-refractivity contribution >= 4 is 75.6 Å². The van der Waals surface area contributed by atoms with E-state index >= 15 is 0 Å². The maximum Gasteiger partial charge on any atom is 0.397 e. The van der Waals surface area contributed by atoms with Crippen molar-refractivity contribution in [2.24, 2.45) is 10.2 Å². The molecular weight excluding hydrogens is 746 g/mol. The van der Waals surface area contributed by atoms with Crippen molar-refractivity contribution in [2.75, 3.05) is 35.3 Å². The second kappa shape index (κ2) is 15.7. The molecule has 0 atom stereocenters. The number of phenols is 2. The van der Waals surface area contributed by atoms with Crippen LogP contribution < -0.4 is 16.0 Å². The summed E-state index contributed by atoms with van der Waals surface area (Å²) in [6, 6.07) is 16.8. The van der Waals surface area contributed by atoms with Crippen molar-refractivity contribution in [2.45, 2.75) is 4.90 Å². The fourth-order valence-corrected chi connectivity index (χ4v) is 5.92. The van der Waals surface area contributed by atoms with Crippen molar-refractivity contribution in [1.29, 1.82) is 0 Å². The van der Waals surface area contributed by atoms with Gasteiger partial charge in [-0.3, -0.25) is 9.11 Å². The van der Waals surface area contributed by atoms with Gasteiger partial charge >= 0.3 is 16.4 Å². The smallest absolute Gasteiger partial charge is 0.397 e. The molecular formula is C27H27CuN5O12S3. The summed E-state index contributed by atoms with van der Waals surface area (Å²) in [6.07, 6.45) is 0. The summed E-state index contributed by atoms with van der Waals surface area (Å²) in [5.74, 6) is -2.12. The molecule has 0 saturated carbocycles. The van der Waals surface area contributed by atoms with Crippen LogP contribution in [0.1, 0.15) is 0 Å². The first-order chi connectivity index (χ1) is 22.0. The van der Waals surface area contributed by atoms with Gasteiger partial charge in [-0.1, -0.05) is 36.4 Å². The monoisotopic (exact) mass is 772 g/mol. The Hall–Kier alpha value is -4.34. The molecule has 4 aromatic rings. The molecule has 1 radical (unpaired) electrons. The predicted molar refractivity (Wildman–Crippen MR) is 171 cm³/mol. The topological polar surface area (TPSA) is 270 Å². The summed E-state index contributed by atoms with van der Waals surface area (Å²) in [7, 11) is -13.2. The van der Waals surface area contributed by atoms with E-state index in [4.69, 9.17) is 4.55 Å². The summed E-state index contributed by atoms with van der Waals surface area (Å²) >= 11 is 0. The van der Waals surface area contributed by atoms with Crippen LogP contribution in [0, 0.1) is 0 Å². The number of aromatic hydroxyl groups is 2. The van der Waals surface area contributed by atoms with Gasteiger partial charge in [-0.05, 0) is 41.8 Å². The van der Waals surface area contributed by atoms with E-state index in [1.807, 2.05) is 0 Å². The Balaban J connectivity index is 0.00000625. The average Bonchev–Trinajstić information content (AvgIpc) is 2.97. The van der Waals surface area contributed by atoms with Crippen LogP contribution in [0.3, 0.4) is 0 Å². The van der Waals surface area contributed by atoms with Gasteiger partial charge in [0.1, 0.15) is 17.1 Å².